The summed E-state index contributed by atoms with van der Waals surface area (Å²) < 4.78 is 14.6. The van der Waals surface area contributed by atoms with E-state index in [9.17, 15) is 14.0 Å². The Kier molecular flexibility index (Phi) is 6.08. The number of benzene rings is 3. The fourth-order valence-electron chi connectivity index (χ4n) is 3.64. The third-order valence-corrected chi connectivity index (χ3v) is 6.51. The van der Waals surface area contributed by atoms with Crippen molar-refractivity contribution in [3.05, 3.63) is 99.6 Å². The number of aromatic amines is 1. The van der Waals surface area contributed by atoms with Crippen LogP contribution in [0.5, 0.6) is 0 Å². The maximum atomic E-state index is 13.5. The van der Waals surface area contributed by atoms with Crippen molar-refractivity contribution in [2.24, 2.45) is 0 Å². The minimum atomic E-state index is -0.329. The van der Waals surface area contributed by atoms with Crippen molar-refractivity contribution in [2.45, 2.75) is 11.7 Å². The molecule has 3 aromatic carbocycles. The molecule has 5 aromatic rings. The van der Waals surface area contributed by atoms with E-state index < -0.39 is 0 Å². The standard InChI is InChI=1S/C25H18ClFN4O2S/c26-16-7-11-18(12-8-16)31-24(33)23-22(19-3-1-2-4-20(19)29-23)30-25(31)34-14-21(32)28-13-15-5-9-17(27)10-6-15/h1-12,29H,13-14H2,(H,28,32). The molecule has 0 aliphatic carbocycles. The SMILES string of the molecule is O=C(CSc1nc2c([nH]c3ccccc32)c(=O)n1-c1ccc(Cl)cc1)NCc1ccc(F)cc1. The van der Waals surface area contributed by atoms with Crippen LogP contribution >= 0.6 is 23.4 Å². The summed E-state index contributed by atoms with van der Waals surface area (Å²) in [5.41, 5.74) is 2.87. The molecule has 34 heavy (non-hydrogen) atoms. The third-order valence-electron chi connectivity index (χ3n) is 5.31. The second-order valence-corrected chi connectivity index (χ2v) is 8.98. The number of amides is 1. The predicted octanol–water partition coefficient (Wildman–Crippen LogP) is 5.07. The number of carbonyl (C=O) groups is 1. The number of nitrogens with one attached hydrogen (secondary N) is 2. The predicted molar refractivity (Wildman–Crippen MR) is 133 cm³/mol. The molecule has 5 rings (SSSR count). The number of nitrogens with zero attached hydrogens (tertiary/aromatic N) is 2. The summed E-state index contributed by atoms with van der Waals surface area (Å²) in [7, 11) is 0. The highest BCUT2D eigenvalue weighted by molar-refractivity contribution is 7.99. The van der Waals surface area contributed by atoms with Crippen LogP contribution in [0.25, 0.3) is 27.6 Å². The molecule has 2 N–H and O–H groups in total. The van der Waals surface area contributed by atoms with Crippen molar-refractivity contribution in [2.75, 3.05) is 5.75 Å². The fourth-order valence-corrected chi connectivity index (χ4v) is 4.60. The smallest absolute Gasteiger partial charge is 0.283 e. The molecule has 2 aromatic heterocycles. The van der Waals surface area contributed by atoms with Gasteiger partial charge in [-0.1, -0.05) is 53.7 Å². The molecule has 0 aliphatic rings. The van der Waals surface area contributed by atoms with Gasteiger partial charge in [-0.05, 0) is 48.0 Å². The van der Waals surface area contributed by atoms with Crippen molar-refractivity contribution in [1.29, 1.82) is 0 Å². The first-order valence-corrected chi connectivity index (χ1v) is 11.8. The van der Waals surface area contributed by atoms with E-state index in [0.29, 0.717) is 26.9 Å². The molecule has 1 amide bonds. The number of carbonyl (C=O) groups excluding carboxylic acids is 1. The van der Waals surface area contributed by atoms with E-state index in [1.165, 1.54) is 28.5 Å². The van der Waals surface area contributed by atoms with Crippen molar-refractivity contribution < 1.29 is 9.18 Å². The van der Waals surface area contributed by atoms with Gasteiger partial charge in [-0.15, -0.1) is 0 Å². The molecule has 0 radical (unpaired) electrons. The van der Waals surface area contributed by atoms with Crippen molar-refractivity contribution in [3.8, 4) is 5.69 Å². The lowest BCUT2D eigenvalue weighted by molar-refractivity contribution is -0.118. The highest BCUT2D eigenvalue weighted by atomic mass is 35.5. The minimum absolute atomic E-state index is 0.0507. The number of halogens is 2. The Bertz CT molecular complexity index is 1560. The van der Waals surface area contributed by atoms with E-state index in [0.717, 1.165) is 16.5 Å². The van der Waals surface area contributed by atoms with Crippen molar-refractivity contribution >= 4 is 51.2 Å². The maximum absolute atomic E-state index is 13.5. The Balaban J connectivity index is 1.48. The van der Waals surface area contributed by atoms with Crippen LogP contribution < -0.4 is 10.9 Å². The number of para-hydroxylation sites is 1. The van der Waals surface area contributed by atoms with Crippen LogP contribution in [-0.2, 0) is 11.3 Å². The van der Waals surface area contributed by atoms with Crippen LogP contribution in [0.4, 0.5) is 4.39 Å². The Morgan fingerprint density at radius 2 is 1.79 bits per heavy atom. The molecule has 0 fully saturated rings. The molecule has 0 bridgehead atoms. The second-order valence-electron chi connectivity index (χ2n) is 7.60. The van der Waals surface area contributed by atoms with Gasteiger partial charge in [-0.3, -0.25) is 14.2 Å². The van der Waals surface area contributed by atoms with E-state index in [2.05, 4.69) is 10.3 Å². The van der Waals surface area contributed by atoms with Crippen LogP contribution in [0.3, 0.4) is 0 Å². The van der Waals surface area contributed by atoms with E-state index in [1.54, 1.807) is 36.4 Å². The van der Waals surface area contributed by atoms with Gasteiger partial charge in [0.05, 0.1) is 11.4 Å². The average Bonchev–Trinajstić information content (AvgIpc) is 3.22. The second kappa shape index (κ2) is 9.32. The van der Waals surface area contributed by atoms with Crippen LogP contribution in [0, 0.1) is 5.82 Å². The molecule has 0 saturated carbocycles. The molecule has 0 unspecified atom stereocenters. The number of hydrogen-bond donors (Lipinski definition) is 2. The zero-order valence-electron chi connectivity index (χ0n) is 17.7. The number of aromatic nitrogens is 3. The molecule has 6 nitrogen and oxygen atoms in total. The summed E-state index contributed by atoms with van der Waals surface area (Å²) >= 11 is 7.20. The molecule has 0 saturated heterocycles. The van der Waals surface area contributed by atoms with Gasteiger partial charge in [0.15, 0.2) is 5.16 Å². The Morgan fingerprint density at radius 1 is 1.06 bits per heavy atom. The molecular formula is C25H18ClFN4O2S. The first-order chi connectivity index (χ1) is 16.5. The molecule has 2 heterocycles. The summed E-state index contributed by atoms with van der Waals surface area (Å²) in [6.45, 7) is 0.276. The number of hydrogen-bond acceptors (Lipinski definition) is 4. The summed E-state index contributed by atoms with van der Waals surface area (Å²) in [4.78, 5) is 33.9. The lowest BCUT2D eigenvalue weighted by Gasteiger charge is -2.12. The molecule has 0 atom stereocenters. The molecule has 0 spiro atoms. The Labute approximate surface area is 202 Å². The van der Waals surface area contributed by atoms with Gasteiger partial charge in [-0.25, -0.2) is 9.37 Å². The number of rotatable bonds is 6. The van der Waals surface area contributed by atoms with Gasteiger partial charge in [0.1, 0.15) is 16.9 Å². The fraction of sp³-hybridized carbons (Fsp3) is 0.0800. The van der Waals surface area contributed by atoms with Crippen molar-refractivity contribution in [3.63, 3.8) is 0 Å². The largest absolute Gasteiger partial charge is 0.351 e. The summed E-state index contributed by atoms with van der Waals surface area (Å²) in [5, 5.41) is 4.58. The van der Waals surface area contributed by atoms with Gasteiger partial charge in [-0.2, -0.15) is 0 Å². The van der Waals surface area contributed by atoms with Crippen LogP contribution in [-0.4, -0.2) is 26.2 Å². The zero-order chi connectivity index (χ0) is 23.7. The third kappa shape index (κ3) is 4.42. The summed E-state index contributed by atoms with van der Waals surface area (Å²) in [6, 6.07) is 20.4. The number of thioether (sulfide) groups is 1. The summed E-state index contributed by atoms with van der Waals surface area (Å²) in [6.07, 6.45) is 0. The Morgan fingerprint density at radius 3 is 2.56 bits per heavy atom. The topological polar surface area (TPSA) is 79.8 Å². The first kappa shape index (κ1) is 22.2. The van der Waals surface area contributed by atoms with E-state index in [4.69, 9.17) is 16.6 Å². The van der Waals surface area contributed by atoms with Crippen LogP contribution in [0.15, 0.2) is 82.7 Å². The van der Waals surface area contributed by atoms with Crippen LogP contribution in [0.2, 0.25) is 5.02 Å². The average molecular weight is 493 g/mol. The summed E-state index contributed by atoms with van der Waals surface area (Å²) in [5.74, 6) is -0.510. The van der Waals surface area contributed by atoms with Crippen molar-refractivity contribution in [1.82, 2.24) is 19.9 Å². The van der Waals surface area contributed by atoms with Crippen LogP contribution in [0.1, 0.15) is 5.56 Å². The quantitative estimate of drug-likeness (QED) is 0.256. The van der Waals surface area contributed by atoms with Gasteiger partial charge in [0.25, 0.3) is 5.56 Å². The number of fused-ring (bicyclic) bond motifs is 3. The van der Waals surface area contributed by atoms with E-state index in [1.807, 2.05) is 24.3 Å². The zero-order valence-corrected chi connectivity index (χ0v) is 19.3. The van der Waals surface area contributed by atoms with Gasteiger partial charge in [0.2, 0.25) is 5.91 Å². The highest BCUT2D eigenvalue weighted by Crippen LogP contribution is 2.26. The van der Waals surface area contributed by atoms with Gasteiger partial charge >= 0.3 is 0 Å². The highest BCUT2D eigenvalue weighted by Gasteiger charge is 2.18. The molecule has 9 heteroatoms. The lowest BCUT2D eigenvalue weighted by atomic mass is 10.2. The van der Waals surface area contributed by atoms with Gasteiger partial charge in [0, 0.05) is 22.5 Å². The van der Waals surface area contributed by atoms with Gasteiger partial charge < -0.3 is 10.3 Å². The minimum Gasteiger partial charge on any atom is -0.351 e. The monoisotopic (exact) mass is 492 g/mol. The molecule has 170 valence electrons. The van der Waals surface area contributed by atoms with E-state index >= 15 is 0 Å². The Hall–Kier alpha value is -3.62. The number of H-pyrrole nitrogens is 1. The normalized spacial score (nSPS) is 11.2. The van der Waals surface area contributed by atoms with E-state index in [-0.39, 0.29) is 29.6 Å². The molecular weight excluding hydrogens is 475 g/mol. The first-order valence-electron chi connectivity index (χ1n) is 10.4. The maximum Gasteiger partial charge on any atom is 0.283 e. The molecule has 0 aliphatic heterocycles. The lowest BCUT2D eigenvalue weighted by Crippen LogP contribution is -2.26.